The third-order valence-corrected chi connectivity index (χ3v) is 4.73. The van der Waals surface area contributed by atoms with Gasteiger partial charge in [-0.1, -0.05) is 31.5 Å². The Bertz CT molecular complexity index is 397. The van der Waals surface area contributed by atoms with Crippen LogP contribution in [0.25, 0.3) is 0 Å². The molecule has 1 saturated carbocycles. The van der Waals surface area contributed by atoms with E-state index in [4.69, 9.17) is 9.84 Å². The first-order valence-corrected chi connectivity index (χ1v) is 7.94. The van der Waals surface area contributed by atoms with Crippen LogP contribution in [-0.2, 0) is 18.4 Å². The molecule has 2 rings (SSSR count). The molecular formula is C13H23N3O2S. The molecule has 0 spiro atoms. The first-order chi connectivity index (χ1) is 9.22. The zero-order chi connectivity index (χ0) is 13.7. The van der Waals surface area contributed by atoms with Crippen LogP contribution in [0.4, 0.5) is 0 Å². The van der Waals surface area contributed by atoms with Gasteiger partial charge in [-0.3, -0.25) is 0 Å². The number of aromatic nitrogens is 3. The summed E-state index contributed by atoms with van der Waals surface area (Å²) in [6.45, 7) is 2.97. The van der Waals surface area contributed by atoms with Crippen LogP contribution < -0.4 is 0 Å². The normalized spacial score (nSPS) is 23.7. The minimum absolute atomic E-state index is 0.0693. The lowest BCUT2D eigenvalue weighted by atomic mass is 9.88. The van der Waals surface area contributed by atoms with Gasteiger partial charge in [0.15, 0.2) is 11.0 Å². The van der Waals surface area contributed by atoms with Crippen molar-refractivity contribution in [3.05, 3.63) is 5.82 Å². The number of aliphatic hydroxyl groups is 1. The predicted octanol–water partition coefficient (Wildman–Crippen LogP) is 1.99. The summed E-state index contributed by atoms with van der Waals surface area (Å²) in [5.41, 5.74) is 0. The highest BCUT2D eigenvalue weighted by Gasteiger charge is 2.21. The van der Waals surface area contributed by atoms with Crippen molar-refractivity contribution in [2.24, 2.45) is 13.0 Å². The van der Waals surface area contributed by atoms with Crippen LogP contribution in [-0.4, -0.2) is 38.3 Å². The Balaban J connectivity index is 1.70. The number of thioether (sulfide) groups is 1. The maximum absolute atomic E-state index is 9.05. The summed E-state index contributed by atoms with van der Waals surface area (Å²) < 4.78 is 7.79. The summed E-state index contributed by atoms with van der Waals surface area (Å²) in [5.74, 6) is 2.17. The van der Waals surface area contributed by atoms with Crippen LogP contribution in [0.3, 0.4) is 0 Å². The molecule has 0 amide bonds. The third kappa shape index (κ3) is 3.94. The molecule has 2 atom stereocenters. The molecule has 0 saturated heterocycles. The van der Waals surface area contributed by atoms with E-state index in [1.165, 1.54) is 25.7 Å². The number of nitrogens with zero attached hydrogens (tertiary/aromatic N) is 3. The number of ether oxygens (including phenoxy) is 1. The van der Waals surface area contributed by atoms with Gasteiger partial charge in [0.1, 0.15) is 6.61 Å². The first kappa shape index (κ1) is 14.8. The second kappa shape index (κ2) is 7.26. The summed E-state index contributed by atoms with van der Waals surface area (Å²) in [4.78, 5) is 0. The molecule has 19 heavy (non-hydrogen) atoms. The lowest BCUT2D eigenvalue weighted by Crippen LogP contribution is -2.26. The van der Waals surface area contributed by atoms with Crippen molar-refractivity contribution in [3.63, 3.8) is 0 Å². The molecule has 1 heterocycles. The molecule has 1 aromatic heterocycles. The molecule has 108 valence electrons. The van der Waals surface area contributed by atoms with E-state index in [1.54, 1.807) is 11.8 Å². The number of rotatable bonds is 6. The van der Waals surface area contributed by atoms with E-state index in [0.29, 0.717) is 17.8 Å². The van der Waals surface area contributed by atoms with Gasteiger partial charge in [-0.25, -0.2) is 0 Å². The van der Waals surface area contributed by atoms with E-state index in [-0.39, 0.29) is 6.61 Å². The summed E-state index contributed by atoms with van der Waals surface area (Å²) >= 11 is 1.63. The van der Waals surface area contributed by atoms with Crippen molar-refractivity contribution in [1.29, 1.82) is 0 Å². The van der Waals surface area contributed by atoms with Crippen molar-refractivity contribution in [2.45, 2.75) is 50.5 Å². The van der Waals surface area contributed by atoms with E-state index in [2.05, 4.69) is 17.1 Å². The average Bonchev–Trinajstić information content (AvgIpc) is 2.77. The Kier molecular flexibility index (Phi) is 5.66. The SMILES string of the molecule is CC1CCCCC1OCCSc1nnc(CO)n1C. The van der Waals surface area contributed by atoms with Gasteiger partial charge in [0.25, 0.3) is 0 Å². The van der Waals surface area contributed by atoms with Crippen molar-refractivity contribution in [1.82, 2.24) is 14.8 Å². The van der Waals surface area contributed by atoms with Gasteiger partial charge in [0.2, 0.25) is 0 Å². The largest absolute Gasteiger partial charge is 0.388 e. The van der Waals surface area contributed by atoms with E-state index < -0.39 is 0 Å². The number of aliphatic hydroxyl groups excluding tert-OH is 1. The van der Waals surface area contributed by atoms with Crippen LogP contribution in [0.2, 0.25) is 0 Å². The summed E-state index contributed by atoms with van der Waals surface area (Å²) in [7, 11) is 1.87. The number of hydrogen-bond donors (Lipinski definition) is 1. The maximum atomic E-state index is 9.05. The molecule has 2 unspecified atom stereocenters. The van der Waals surface area contributed by atoms with E-state index in [0.717, 1.165) is 17.5 Å². The van der Waals surface area contributed by atoms with Gasteiger partial charge < -0.3 is 14.4 Å². The first-order valence-electron chi connectivity index (χ1n) is 6.96. The van der Waals surface area contributed by atoms with Crippen LogP contribution in [0, 0.1) is 5.92 Å². The maximum Gasteiger partial charge on any atom is 0.191 e. The third-order valence-electron chi connectivity index (χ3n) is 3.75. The monoisotopic (exact) mass is 285 g/mol. The highest BCUT2D eigenvalue weighted by molar-refractivity contribution is 7.99. The predicted molar refractivity (Wildman–Crippen MR) is 75.0 cm³/mol. The Labute approximate surface area is 118 Å². The van der Waals surface area contributed by atoms with Crippen LogP contribution in [0.5, 0.6) is 0 Å². The van der Waals surface area contributed by atoms with E-state index in [1.807, 2.05) is 11.6 Å². The second-order valence-electron chi connectivity index (χ2n) is 5.14. The Morgan fingerprint density at radius 1 is 1.37 bits per heavy atom. The summed E-state index contributed by atoms with van der Waals surface area (Å²) in [5, 5.41) is 17.8. The van der Waals surface area contributed by atoms with Gasteiger partial charge >= 0.3 is 0 Å². The molecule has 5 nitrogen and oxygen atoms in total. The Morgan fingerprint density at radius 2 is 2.16 bits per heavy atom. The topological polar surface area (TPSA) is 60.2 Å². The minimum Gasteiger partial charge on any atom is -0.388 e. The molecule has 1 N–H and O–H groups in total. The molecule has 6 heteroatoms. The standard InChI is InChI=1S/C13H23N3O2S/c1-10-5-3-4-6-11(10)18-7-8-19-13-15-14-12(9-17)16(13)2/h10-11,17H,3-9H2,1-2H3. The van der Waals surface area contributed by atoms with Crippen molar-refractivity contribution < 1.29 is 9.84 Å². The lowest BCUT2D eigenvalue weighted by Gasteiger charge is -2.28. The second-order valence-corrected chi connectivity index (χ2v) is 6.20. The van der Waals surface area contributed by atoms with Crippen molar-refractivity contribution in [3.8, 4) is 0 Å². The van der Waals surface area contributed by atoms with Crippen LogP contribution in [0.1, 0.15) is 38.4 Å². The van der Waals surface area contributed by atoms with Gasteiger partial charge in [-0.15, -0.1) is 10.2 Å². The zero-order valence-electron chi connectivity index (χ0n) is 11.7. The van der Waals surface area contributed by atoms with Gasteiger partial charge in [0, 0.05) is 12.8 Å². The molecule has 1 fully saturated rings. The molecule has 0 aromatic carbocycles. The van der Waals surface area contributed by atoms with Gasteiger partial charge in [-0.05, 0) is 18.8 Å². The van der Waals surface area contributed by atoms with E-state index in [9.17, 15) is 0 Å². The van der Waals surface area contributed by atoms with Crippen LogP contribution >= 0.6 is 11.8 Å². The van der Waals surface area contributed by atoms with Gasteiger partial charge in [0.05, 0.1) is 12.7 Å². The van der Waals surface area contributed by atoms with Gasteiger partial charge in [-0.2, -0.15) is 0 Å². The summed E-state index contributed by atoms with van der Waals surface area (Å²) in [6, 6.07) is 0. The molecule has 0 radical (unpaired) electrons. The van der Waals surface area contributed by atoms with Crippen molar-refractivity contribution >= 4 is 11.8 Å². The fourth-order valence-corrected chi connectivity index (χ4v) is 3.23. The van der Waals surface area contributed by atoms with Crippen LogP contribution in [0.15, 0.2) is 5.16 Å². The van der Waals surface area contributed by atoms with Crippen molar-refractivity contribution in [2.75, 3.05) is 12.4 Å². The quantitative estimate of drug-likeness (QED) is 0.640. The average molecular weight is 285 g/mol. The molecular weight excluding hydrogens is 262 g/mol. The smallest absolute Gasteiger partial charge is 0.191 e. The highest BCUT2D eigenvalue weighted by Crippen LogP contribution is 2.26. The minimum atomic E-state index is -0.0693. The fraction of sp³-hybridized carbons (Fsp3) is 0.846. The lowest BCUT2D eigenvalue weighted by molar-refractivity contribution is 0.00345. The zero-order valence-corrected chi connectivity index (χ0v) is 12.5. The highest BCUT2D eigenvalue weighted by atomic mass is 32.2. The van der Waals surface area contributed by atoms with E-state index >= 15 is 0 Å². The molecule has 1 aromatic rings. The summed E-state index contributed by atoms with van der Waals surface area (Å²) in [6.07, 6.45) is 5.57. The molecule has 1 aliphatic carbocycles. The Morgan fingerprint density at radius 3 is 2.84 bits per heavy atom. The molecule has 1 aliphatic rings. The molecule has 0 aliphatic heterocycles. The molecule has 0 bridgehead atoms. The fourth-order valence-electron chi connectivity index (χ4n) is 2.47. The Hall–Kier alpha value is -0.590. The number of hydrogen-bond acceptors (Lipinski definition) is 5.